The number of ether oxygens (including phenoxy) is 1. The summed E-state index contributed by atoms with van der Waals surface area (Å²) < 4.78 is 30.2. The Balaban J connectivity index is 1.80. The Hall–Kier alpha value is -1.51. The fourth-order valence-electron chi connectivity index (χ4n) is 2.77. The van der Waals surface area contributed by atoms with E-state index in [2.05, 4.69) is 4.98 Å². The number of amides is 1. The predicted molar refractivity (Wildman–Crippen MR) is 74.7 cm³/mol. The van der Waals surface area contributed by atoms with Crippen LogP contribution in [0.2, 0.25) is 0 Å². The monoisotopic (exact) mass is 311 g/mol. The normalized spacial score (nSPS) is 26.9. The Labute approximate surface area is 123 Å². The lowest BCUT2D eigenvalue weighted by atomic mass is 10.1. The zero-order valence-corrected chi connectivity index (χ0v) is 12.5. The molecule has 114 valence electrons. The number of carbonyl (C=O) groups excluding carboxylic acids is 1. The molecule has 2 saturated heterocycles. The molecule has 1 aromatic heterocycles. The lowest BCUT2D eigenvalue weighted by molar-refractivity contribution is -0.154. The molecule has 0 aliphatic carbocycles. The minimum Gasteiger partial charge on any atom is -0.365 e. The van der Waals surface area contributed by atoms with Crippen LogP contribution >= 0.6 is 0 Å². The van der Waals surface area contributed by atoms with E-state index in [1.54, 1.807) is 11.1 Å². The lowest BCUT2D eigenvalue weighted by Crippen LogP contribution is -2.53. The first kappa shape index (κ1) is 14.4. The van der Waals surface area contributed by atoms with Gasteiger partial charge in [0.05, 0.1) is 30.6 Å². The maximum absolute atomic E-state index is 12.1. The fraction of sp³-hybridized carbons (Fsp3) is 0.538. The minimum absolute atomic E-state index is 0.00833. The van der Waals surface area contributed by atoms with E-state index in [1.807, 2.05) is 18.2 Å². The molecule has 7 nitrogen and oxygen atoms in total. The van der Waals surface area contributed by atoms with Gasteiger partial charge in [0.2, 0.25) is 15.9 Å². The molecule has 3 heterocycles. The molecule has 1 amide bonds. The number of pyridine rings is 1. The number of rotatable bonds is 3. The largest absolute Gasteiger partial charge is 0.365 e. The summed E-state index contributed by atoms with van der Waals surface area (Å²) in [5.74, 6) is -0.128. The highest BCUT2D eigenvalue weighted by atomic mass is 32.2. The van der Waals surface area contributed by atoms with Crippen LogP contribution in [0.25, 0.3) is 0 Å². The standard InChI is InChI=1S/C13H17N3O4S/c1-21(18,19)15-7-11-12(8-15)20-9-13(17)16(11)6-10-4-2-3-5-14-10/h2-5,11-12H,6-9H2,1H3. The van der Waals surface area contributed by atoms with E-state index in [0.29, 0.717) is 13.1 Å². The van der Waals surface area contributed by atoms with Crippen LogP contribution in [0.5, 0.6) is 0 Å². The zero-order chi connectivity index (χ0) is 15.0. The van der Waals surface area contributed by atoms with Gasteiger partial charge >= 0.3 is 0 Å². The summed E-state index contributed by atoms with van der Waals surface area (Å²) in [6.45, 7) is 0.949. The Morgan fingerprint density at radius 3 is 2.86 bits per heavy atom. The van der Waals surface area contributed by atoms with Crippen molar-refractivity contribution in [3.8, 4) is 0 Å². The van der Waals surface area contributed by atoms with Gasteiger partial charge in [0.15, 0.2) is 0 Å². The fourth-order valence-corrected chi connectivity index (χ4v) is 3.62. The number of fused-ring (bicyclic) bond motifs is 1. The molecule has 2 atom stereocenters. The summed E-state index contributed by atoms with van der Waals surface area (Å²) in [6, 6.07) is 5.28. The van der Waals surface area contributed by atoms with Crippen LogP contribution in [0.1, 0.15) is 5.69 Å². The van der Waals surface area contributed by atoms with Crippen molar-refractivity contribution in [3.63, 3.8) is 0 Å². The highest BCUT2D eigenvalue weighted by molar-refractivity contribution is 7.88. The maximum Gasteiger partial charge on any atom is 0.249 e. The van der Waals surface area contributed by atoms with Crippen LogP contribution in [-0.4, -0.2) is 66.6 Å². The average molecular weight is 311 g/mol. The molecule has 3 rings (SSSR count). The number of morpholine rings is 1. The third kappa shape index (κ3) is 2.92. The van der Waals surface area contributed by atoms with Crippen molar-refractivity contribution >= 4 is 15.9 Å². The Morgan fingerprint density at radius 2 is 2.19 bits per heavy atom. The van der Waals surface area contributed by atoms with Crippen LogP contribution in [-0.2, 0) is 26.1 Å². The summed E-state index contributed by atoms with van der Waals surface area (Å²) in [5, 5.41) is 0. The van der Waals surface area contributed by atoms with Gasteiger partial charge in [-0.25, -0.2) is 8.42 Å². The number of aromatic nitrogens is 1. The van der Waals surface area contributed by atoms with Gasteiger partial charge in [-0.2, -0.15) is 4.31 Å². The second-order valence-corrected chi connectivity index (χ2v) is 7.32. The summed E-state index contributed by atoms with van der Waals surface area (Å²) in [5.41, 5.74) is 0.782. The molecule has 2 unspecified atom stereocenters. The first-order valence-electron chi connectivity index (χ1n) is 6.71. The highest BCUT2D eigenvalue weighted by Crippen LogP contribution is 2.26. The first-order valence-corrected chi connectivity index (χ1v) is 8.56. The van der Waals surface area contributed by atoms with Crippen LogP contribution in [0.4, 0.5) is 0 Å². The number of hydrogen-bond donors (Lipinski definition) is 0. The topological polar surface area (TPSA) is 79.8 Å². The van der Waals surface area contributed by atoms with Gasteiger partial charge < -0.3 is 9.64 Å². The summed E-state index contributed by atoms with van der Waals surface area (Å²) in [7, 11) is -3.27. The molecule has 0 aromatic carbocycles. The van der Waals surface area contributed by atoms with Gasteiger partial charge in [-0.1, -0.05) is 6.07 Å². The lowest BCUT2D eigenvalue weighted by Gasteiger charge is -2.36. The smallest absolute Gasteiger partial charge is 0.249 e. The van der Waals surface area contributed by atoms with E-state index in [0.717, 1.165) is 5.69 Å². The van der Waals surface area contributed by atoms with Gasteiger partial charge in [0, 0.05) is 19.3 Å². The SMILES string of the molecule is CS(=O)(=O)N1CC2OCC(=O)N(Cc3ccccn3)C2C1. The Kier molecular flexibility index (Phi) is 3.68. The van der Waals surface area contributed by atoms with Crippen molar-refractivity contribution < 1.29 is 17.9 Å². The highest BCUT2D eigenvalue weighted by Gasteiger charge is 2.45. The van der Waals surface area contributed by atoms with Gasteiger partial charge in [-0.3, -0.25) is 9.78 Å². The number of nitrogens with zero attached hydrogens (tertiary/aromatic N) is 3. The molecule has 0 N–H and O–H groups in total. The summed E-state index contributed by atoms with van der Waals surface area (Å²) >= 11 is 0. The molecular formula is C13H17N3O4S. The molecule has 8 heteroatoms. The van der Waals surface area contributed by atoms with E-state index in [1.165, 1.54) is 10.6 Å². The molecule has 1 aromatic rings. The summed E-state index contributed by atoms with van der Waals surface area (Å²) in [4.78, 5) is 18.0. The Morgan fingerprint density at radius 1 is 1.38 bits per heavy atom. The average Bonchev–Trinajstić information content (AvgIpc) is 2.88. The van der Waals surface area contributed by atoms with Crippen molar-refractivity contribution in [2.24, 2.45) is 0 Å². The second kappa shape index (κ2) is 5.36. The second-order valence-electron chi connectivity index (χ2n) is 5.34. The van der Waals surface area contributed by atoms with Crippen LogP contribution in [0.15, 0.2) is 24.4 Å². The molecule has 21 heavy (non-hydrogen) atoms. The molecule has 2 aliphatic heterocycles. The third-order valence-corrected chi connectivity index (χ3v) is 5.11. The van der Waals surface area contributed by atoms with E-state index in [9.17, 15) is 13.2 Å². The molecule has 2 fully saturated rings. The van der Waals surface area contributed by atoms with Crippen LogP contribution in [0, 0.1) is 0 Å². The van der Waals surface area contributed by atoms with Crippen molar-refractivity contribution in [1.29, 1.82) is 0 Å². The van der Waals surface area contributed by atoms with Crippen molar-refractivity contribution in [1.82, 2.24) is 14.2 Å². The Bertz CT molecular complexity index is 634. The van der Waals surface area contributed by atoms with Gasteiger partial charge in [0.25, 0.3) is 0 Å². The number of sulfonamides is 1. The predicted octanol–water partition coefficient (Wildman–Crippen LogP) is -0.547. The number of carbonyl (C=O) groups is 1. The molecule has 0 spiro atoms. The van der Waals surface area contributed by atoms with Crippen LogP contribution in [0.3, 0.4) is 0 Å². The zero-order valence-electron chi connectivity index (χ0n) is 11.7. The molecular weight excluding hydrogens is 294 g/mol. The molecule has 2 aliphatic rings. The van der Waals surface area contributed by atoms with E-state index in [-0.39, 0.29) is 31.2 Å². The van der Waals surface area contributed by atoms with Crippen molar-refractivity contribution in [3.05, 3.63) is 30.1 Å². The third-order valence-electron chi connectivity index (χ3n) is 3.87. The van der Waals surface area contributed by atoms with E-state index < -0.39 is 10.0 Å². The minimum atomic E-state index is -3.27. The molecule has 0 radical (unpaired) electrons. The molecule has 0 saturated carbocycles. The molecule has 0 bridgehead atoms. The van der Waals surface area contributed by atoms with Gasteiger partial charge in [-0.15, -0.1) is 0 Å². The summed E-state index contributed by atoms with van der Waals surface area (Å²) in [6.07, 6.45) is 2.59. The number of hydrogen-bond acceptors (Lipinski definition) is 5. The van der Waals surface area contributed by atoms with E-state index in [4.69, 9.17) is 4.74 Å². The van der Waals surface area contributed by atoms with Gasteiger partial charge in [0.1, 0.15) is 6.61 Å². The van der Waals surface area contributed by atoms with E-state index >= 15 is 0 Å². The first-order chi connectivity index (χ1) is 9.95. The maximum atomic E-state index is 12.1. The van der Waals surface area contributed by atoms with Gasteiger partial charge in [-0.05, 0) is 12.1 Å². The van der Waals surface area contributed by atoms with Crippen molar-refractivity contribution in [2.45, 2.75) is 18.7 Å². The van der Waals surface area contributed by atoms with Crippen molar-refractivity contribution in [2.75, 3.05) is 26.0 Å². The quantitative estimate of drug-likeness (QED) is 0.748. The van der Waals surface area contributed by atoms with Crippen LogP contribution < -0.4 is 0 Å².